The molecule has 0 spiro atoms. The molecule has 0 N–H and O–H groups in total. The average molecular weight is 298 g/mol. The van der Waals surface area contributed by atoms with Gasteiger partial charge in [-0.1, -0.05) is 18.2 Å². The number of para-hydroxylation sites is 1. The van der Waals surface area contributed by atoms with Gasteiger partial charge in [0.2, 0.25) is 0 Å². The third-order valence-corrected chi connectivity index (χ3v) is 3.42. The fourth-order valence-electron chi connectivity index (χ4n) is 1.91. The van der Waals surface area contributed by atoms with Crippen LogP contribution in [0.3, 0.4) is 0 Å². The maximum absolute atomic E-state index is 8.86. The van der Waals surface area contributed by atoms with E-state index < -0.39 is 0 Å². The van der Waals surface area contributed by atoms with Crippen LogP contribution in [0, 0.1) is 11.3 Å². The summed E-state index contributed by atoms with van der Waals surface area (Å²) < 4.78 is 2.72. The smallest absolute Gasteiger partial charge is 0.0992 e. The SMILES string of the molecule is N#Cc1ccc(-n2ncc3ccccc32)c(Br)c1. The minimum absolute atomic E-state index is 0.627. The molecule has 0 saturated heterocycles. The molecule has 0 saturated carbocycles. The molecule has 1 heterocycles. The highest BCUT2D eigenvalue weighted by Crippen LogP contribution is 2.25. The molecule has 1 aromatic heterocycles. The van der Waals surface area contributed by atoms with Gasteiger partial charge in [-0.05, 0) is 40.2 Å². The summed E-state index contributed by atoms with van der Waals surface area (Å²) in [5, 5.41) is 14.3. The van der Waals surface area contributed by atoms with Crippen molar-refractivity contribution in [3.05, 3.63) is 58.7 Å². The highest BCUT2D eigenvalue weighted by Gasteiger charge is 2.08. The lowest BCUT2D eigenvalue weighted by atomic mass is 10.2. The number of nitrogens with zero attached hydrogens (tertiary/aromatic N) is 3. The molecular formula is C14H8BrN3. The van der Waals surface area contributed by atoms with E-state index in [1.807, 2.05) is 41.2 Å². The highest BCUT2D eigenvalue weighted by molar-refractivity contribution is 9.10. The van der Waals surface area contributed by atoms with E-state index in [1.165, 1.54) is 0 Å². The summed E-state index contributed by atoms with van der Waals surface area (Å²) in [7, 11) is 0. The first kappa shape index (κ1) is 11.0. The summed E-state index contributed by atoms with van der Waals surface area (Å²) >= 11 is 3.48. The van der Waals surface area contributed by atoms with Crippen molar-refractivity contribution in [2.45, 2.75) is 0 Å². The molecule has 0 radical (unpaired) electrons. The van der Waals surface area contributed by atoms with Gasteiger partial charge in [0.25, 0.3) is 0 Å². The lowest BCUT2D eigenvalue weighted by Gasteiger charge is -2.06. The summed E-state index contributed by atoms with van der Waals surface area (Å²) in [6.45, 7) is 0. The molecule has 3 aromatic rings. The zero-order chi connectivity index (χ0) is 12.5. The van der Waals surface area contributed by atoms with E-state index in [2.05, 4.69) is 27.1 Å². The van der Waals surface area contributed by atoms with Crippen LogP contribution < -0.4 is 0 Å². The van der Waals surface area contributed by atoms with Crippen molar-refractivity contribution in [3.63, 3.8) is 0 Å². The molecule has 0 amide bonds. The number of fused-ring (bicyclic) bond motifs is 1. The molecule has 0 aliphatic carbocycles. The van der Waals surface area contributed by atoms with Crippen LogP contribution in [0.5, 0.6) is 0 Å². The quantitative estimate of drug-likeness (QED) is 0.688. The van der Waals surface area contributed by atoms with Crippen molar-refractivity contribution in [2.24, 2.45) is 0 Å². The minimum atomic E-state index is 0.627. The molecule has 0 atom stereocenters. The first-order chi connectivity index (χ1) is 8.79. The molecule has 0 unspecified atom stereocenters. The Morgan fingerprint density at radius 1 is 1.17 bits per heavy atom. The third-order valence-electron chi connectivity index (χ3n) is 2.78. The second-order valence-corrected chi connectivity index (χ2v) is 4.75. The van der Waals surface area contributed by atoms with Crippen molar-refractivity contribution >= 4 is 26.8 Å². The first-order valence-electron chi connectivity index (χ1n) is 5.42. The standard InChI is InChI=1S/C14H8BrN3/c15-12-7-10(8-16)5-6-14(12)18-13-4-2-1-3-11(13)9-17-18/h1-7,9H. The van der Waals surface area contributed by atoms with E-state index in [1.54, 1.807) is 12.1 Å². The van der Waals surface area contributed by atoms with E-state index in [0.29, 0.717) is 5.56 Å². The maximum Gasteiger partial charge on any atom is 0.0992 e. The second-order valence-electron chi connectivity index (χ2n) is 3.89. The van der Waals surface area contributed by atoms with Gasteiger partial charge >= 0.3 is 0 Å². The van der Waals surface area contributed by atoms with Crippen molar-refractivity contribution in [2.75, 3.05) is 0 Å². The number of nitriles is 1. The van der Waals surface area contributed by atoms with Crippen molar-refractivity contribution in [1.82, 2.24) is 9.78 Å². The summed E-state index contributed by atoms with van der Waals surface area (Å²) in [6.07, 6.45) is 1.83. The number of hydrogen-bond acceptors (Lipinski definition) is 2. The van der Waals surface area contributed by atoms with Crippen LogP contribution in [0.15, 0.2) is 53.1 Å². The van der Waals surface area contributed by atoms with Gasteiger partial charge in [0, 0.05) is 9.86 Å². The Morgan fingerprint density at radius 3 is 2.78 bits per heavy atom. The zero-order valence-corrected chi connectivity index (χ0v) is 10.9. The van der Waals surface area contributed by atoms with Crippen LogP contribution in [0.1, 0.15) is 5.56 Å². The summed E-state index contributed by atoms with van der Waals surface area (Å²) in [4.78, 5) is 0. The Kier molecular flexibility index (Phi) is 2.62. The van der Waals surface area contributed by atoms with E-state index >= 15 is 0 Å². The Balaban J connectivity index is 2.24. The van der Waals surface area contributed by atoms with Gasteiger partial charge in [-0.25, -0.2) is 4.68 Å². The van der Waals surface area contributed by atoms with Gasteiger partial charge in [0.05, 0.1) is 29.0 Å². The monoisotopic (exact) mass is 297 g/mol. The second kappa shape index (κ2) is 4.28. The summed E-state index contributed by atoms with van der Waals surface area (Å²) in [5.41, 5.74) is 2.60. The number of hydrogen-bond donors (Lipinski definition) is 0. The first-order valence-corrected chi connectivity index (χ1v) is 6.22. The van der Waals surface area contributed by atoms with Crippen LogP contribution in [0.25, 0.3) is 16.6 Å². The molecule has 2 aromatic carbocycles. The van der Waals surface area contributed by atoms with Gasteiger partial charge in [-0.3, -0.25) is 0 Å². The molecule has 18 heavy (non-hydrogen) atoms. The van der Waals surface area contributed by atoms with Gasteiger partial charge in [-0.2, -0.15) is 10.4 Å². The zero-order valence-electron chi connectivity index (χ0n) is 9.34. The predicted octanol–water partition coefficient (Wildman–Crippen LogP) is 3.66. The maximum atomic E-state index is 8.86. The third kappa shape index (κ3) is 1.69. The molecular weight excluding hydrogens is 290 g/mol. The molecule has 0 fully saturated rings. The van der Waals surface area contributed by atoms with Crippen LogP contribution in [-0.4, -0.2) is 9.78 Å². The minimum Gasteiger partial charge on any atom is -0.232 e. The van der Waals surface area contributed by atoms with Gasteiger partial charge in [0.1, 0.15) is 0 Å². The van der Waals surface area contributed by atoms with Crippen molar-refractivity contribution in [1.29, 1.82) is 5.26 Å². The van der Waals surface area contributed by atoms with E-state index in [-0.39, 0.29) is 0 Å². The number of rotatable bonds is 1. The van der Waals surface area contributed by atoms with Crippen LogP contribution in [-0.2, 0) is 0 Å². The van der Waals surface area contributed by atoms with E-state index in [9.17, 15) is 0 Å². The number of benzene rings is 2. The summed E-state index contributed by atoms with van der Waals surface area (Å²) in [5.74, 6) is 0. The topological polar surface area (TPSA) is 41.6 Å². The van der Waals surface area contributed by atoms with Gasteiger partial charge < -0.3 is 0 Å². The normalized spacial score (nSPS) is 10.4. The lowest BCUT2D eigenvalue weighted by Crippen LogP contribution is -1.97. The molecule has 4 heteroatoms. The molecule has 0 bridgehead atoms. The predicted molar refractivity (Wildman–Crippen MR) is 73.5 cm³/mol. The van der Waals surface area contributed by atoms with Crippen molar-refractivity contribution in [3.8, 4) is 11.8 Å². The van der Waals surface area contributed by atoms with Crippen molar-refractivity contribution < 1.29 is 0 Å². The summed E-state index contributed by atoms with van der Waals surface area (Å²) in [6, 6.07) is 15.6. The van der Waals surface area contributed by atoms with E-state index in [4.69, 9.17) is 5.26 Å². The molecule has 0 aliphatic rings. The number of aromatic nitrogens is 2. The van der Waals surface area contributed by atoms with Crippen LogP contribution in [0.2, 0.25) is 0 Å². The number of halogens is 1. The average Bonchev–Trinajstić information content (AvgIpc) is 2.82. The Bertz CT molecular complexity index is 768. The van der Waals surface area contributed by atoms with Crippen LogP contribution >= 0.6 is 15.9 Å². The molecule has 3 nitrogen and oxygen atoms in total. The van der Waals surface area contributed by atoms with E-state index in [0.717, 1.165) is 21.1 Å². The Labute approximate surface area is 112 Å². The van der Waals surface area contributed by atoms with Gasteiger partial charge in [-0.15, -0.1) is 0 Å². The Morgan fingerprint density at radius 2 is 2.00 bits per heavy atom. The van der Waals surface area contributed by atoms with Gasteiger partial charge in [0.15, 0.2) is 0 Å². The van der Waals surface area contributed by atoms with Crippen LogP contribution in [0.4, 0.5) is 0 Å². The largest absolute Gasteiger partial charge is 0.232 e. The Hall–Kier alpha value is -2.12. The molecule has 86 valence electrons. The lowest BCUT2D eigenvalue weighted by molar-refractivity contribution is 0.906. The highest BCUT2D eigenvalue weighted by atomic mass is 79.9. The molecule has 0 aliphatic heterocycles. The fraction of sp³-hybridized carbons (Fsp3) is 0. The fourth-order valence-corrected chi connectivity index (χ4v) is 2.46. The molecule has 3 rings (SSSR count).